The topological polar surface area (TPSA) is 58.6 Å². The molecule has 1 aliphatic rings. The second kappa shape index (κ2) is 9.61. The van der Waals surface area contributed by atoms with Gasteiger partial charge in [0.2, 0.25) is 5.91 Å². The smallest absolute Gasteiger partial charge is 0.251 e. The van der Waals surface area contributed by atoms with Crippen LogP contribution in [0.5, 0.6) is 5.75 Å². The Kier molecular flexibility index (Phi) is 6.93. The molecule has 0 aromatic heterocycles. The zero-order chi connectivity index (χ0) is 21.7. The first-order chi connectivity index (χ1) is 14.4. The molecule has 30 heavy (non-hydrogen) atoms. The minimum absolute atomic E-state index is 0.00164. The summed E-state index contributed by atoms with van der Waals surface area (Å²) in [6.07, 6.45) is 2.89. The Balaban J connectivity index is 1.67. The summed E-state index contributed by atoms with van der Waals surface area (Å²) in [5, 5.41) is 2.95. The van der Waals surface area contributed by atoms with Gasteiger partial charge in [-0.05, 0) is 54.7 Å². The number of rotatable bonds is 6. The molecule has 2 aromatic carbocycles. The van der Waals surface area contributed by atoms with E-state index in [-0.39, 0.29) is 17.7 Å². The summed E-state index contributed by atoms with van der Waals surface area (Å²) in [4.78, 5) is 27.7. The summed E-state index contributed by atoms with van der Waals surface area (Å²) < 4.78 is 5.22. The highest BCUT2D eigenvalue weighted by atomic mass is 16.5. The van der Waals surface area contributed by atoms with Crippen molar-refractivity contribution in [2.45, 2.75) is 33.2 Å². The summed E-state index contributed by atoms with van der Waals surface area (Å²) in [5.74, 6) is 0.586. The fourth-order valence-corrected chi connectivity index (χ4v) is 3.66. The first-order valence-corrected chi connectivity index (χ1v) is 10.4. The van der Waals surface area contributed by atoms with E-state index in [1.165, 1.54) is 5.57 Å². The number of benzene rings is 2. The first kappa shape index (κ1) is 21.6. The lowest BCUT2D eigenvalue weighted by Crippen LogP contribution is -2.52. The van der Waals surface area contributed by atoms with Crippen LogP contribution in [-0.4, -0.2) is 43.0 Å². The van der Waals surface area contributed by atoms with Crippen molar-refractivity contribution in [1.29, 1.82) is 0 Å². The Labute approximate surface area is 178 Å². The highest BCUT2D eigenvalue weighted by Crippen LogP contribution is 2.25. The van der Waals surface area contributed by atoms with Crippen LogP contribution in [0.3, 0.4) is 0 Å². The first-order valence-electron chi connectivity index (χ1n) is 10.4. The number of amides is 2. The van der Waals surface area contributed by atoms with Crippen molar-refractivity contribution in [2.75, 3.05) is 20.2 Å². The van der Waals surface area contributed by atoms with Gasteiger partial charge in [-0.3, -0.25) is 9.59 Å². The van der Waals surface area contributed by atoms with E-state index in [9.17, 15) is 9.59 Å². The van der Waals surface area contributed by atoms with Gasteiger partial charge in [0, 0.05) is 18.7 Å². The monoisotopic (exact) mass is 406 g/mol. The van der Waals surface area contributed by atoms with Crippen LogP contribution in [0.1, 0.15) is 41.8 Å². The average Bonchev–Trinajstić information content (AvgIpc) is 2.77. The predicted octanol–water partition coefficient (Wildman–Crippen LogP) is 4.07. The SMILES string of the molecule is COc1ccc(C2=CCN(C(=O)[C@@H](NC(=O)c3cccc(C)c3)C(C)C)CC2)cc1. The number of hydrogen-bond acceptors (Lipinski definition) is 3. The predicted molar refractivity (Wildman–Crippen MR) is 119 cm³/mol. The van der Waals surface area contributed by atoms with Crippen LogP contribution >= 0.6 is 0 Å². The van der Waals surface area contributed by atoms with Crippen molar-refractivity contribution in [3.8, 4) is 5.75 Å². The van der Waals surface area contributed by atoms with Gasteiger partial charge in [0.1, 0.15) is 11.8 Å². The van der Waals surface area contributed by atoms with E-state index in [4.69, 9.17) is 4.74 Å². The van der Waals surface area contributed by atoms with Gasteiger partial charge in [0.15, 0.2) is 0 Å². The number of methoxy groups -OCH3 is 1. The molecule has 0 spiro atoms. The van der Waals surface area contributed by atoms with Crippen LogP contribution in [0.15, 0.2) is 54.6 Å². The minimum atomic E-state index is -0.547. The Morgan fingerprint density at radius 3 is 2.40 bits per heavy atom. The van der Waals surface area contributed by atoms with Crippen LogP contribution in [0.2, 0.25) is 0 Å². The molecule has 3 rings (SSSR count). The maximum Gasteiger partial charge on any atom is 0.251 e. The molecule has 1 atom stereocenters. The molecule has 2 aromatic rings. The fourth-order valence-electron chi connectivity index (χ4n) is 3.66. The molecule has 0 fully saturated rings. The molecule has 0 bridgehead atoms. The molecule has 1 heterocycles. The zero-order valence-electron chi connectivity index (χ0n) is 18.1. The molecule has 1 N–H and O–H groups in total. The number of nitrogens with one attached hydrogen (secondary N) is 1. The number of hydrogen-bond donors (Lipinski definition) is 1. The van der Waals surface area contributed by atoms with Gasteiger partial charge in [-0.2, -0.15) is 0 Å². The van der Waals surface area contributed by atoms with Crippen molar-refractivity contribution < 1.29 is 14.3 Å². The number of nitrogens with zero attached hydrogens (tertiary/aromatic N) is 1. The molecule has 5 nitrogen and oxygen atoms in total. The van der Waals surface area contributed by atoms with Gasteiger partial charge < -0.3 is 15.0 Å². The standard InChI is InChI=1S/C25H30N2O3/c1-17(2)23(26-24(28)21-7-5-6-18(3)16-21)25(29)27-14-12-20(13-15-27)19-8-10-22(30-4)11-9-19/h5-12,16-17,23H,13-15H2,1-4H3,(H,26,28)/t23-/m0/s1. The fraction of sp³-hybridized carbons (Fsp3) is 0.360. The third-order valence-corrected chi connectivity index (χ3v) is 5.48. The molecule has 2 amide bonds. The largest absolute Gasteiger partial charge is 0.497 e. The highest BCUT2D eigenvalue weighted by molar-refractivity contribution is 5.97. The lowest BCUT2D eigenvalue weighted by Gasteiger charge is -2.32. The molecular weight excluding hydrogens is 376 g/mol. The molecule has 0 saturated carbocycles. The van der Waals surface area contributed by atoms with Crippen LogP contribution in [0.25, 0.3) is 5.57 Å². The Hall–Kier alpha value is -3.08. The summed E-state index contributed by atoms with van der Waals surface area (Å²) in [6.45, 7) is 7.05. The second-order valence-electron chi connectivity index (χ2n) is 8.06. The molecule has 0 unspecified atom stereocenters. The molecular formula is C25H30N2O3. The van der Waals surface area contributed by atoms with Gasteiger partial charge in [0.25, 0.3) is 5.91 Å². The molecule has 0 saturated heterocycles. The molecule has 5 heteroatoms. The maximum atomic E-state index is 13.2. The third-order valence-electron chi connectivity index (χ3n) is 5.48. The van der Waals surface area contributed by atoms with Crippen molar-refractivity contribution >= 4 is 17.4 Å². The Morgan fingerprint density at radius 1 is 1.10 bits per heavy atom. The molecule has 0 radical (unpaired) electrons. The van der Waals surface area contributed by atoms with Crippen LogP contribution in [0.4, 0.5) is 0 Å². The highest BCUT2D eigenvalue weighted by Gasteiger charge is 2.29. The maximum absolute atomic E-state index is 13.2. The van der Waals surface area contributed by atoms with Gasteiger partial charge in [0.05, 0.1) is 7.11 Å². The summed E-state index contributed by atoms with van der Waals surface area (Å²) in [6, 6.07) is 14.8. The zero-order valence-corrected chi connectivity index (χ0v) is 18.1. The molecule has 0 aliphatic carbocycles. The Bertz CT molecular complexity index is 932. The summed E-state index contributed by atoms with van der Waals surface area (Å²) in [7, 11) is 1.65. The van der Waals surface area contributed by atoms with E-state index in [0.717, 1.165) is 23.3 Å². The van der Waals surface area contributed by atoms with Crippen LogP contribution in [0, 0.1) is 12.8 Å². The van der Waals surface area contributed by atoms with Crippen molar-refractivity contribution in [3.63, 3.8) is 0 Å². The lowest BCUT2D eigenvalue weighted by atomic mass is 9.97. The van der Waals surface area contributed by atoms with Gasteiger partial charge in [-0.15, -0.1) is 0 Å². The summed E-state index contributed by atoms with van der Waals surface area (Å²) >= 11 is 0. The number of aryl methyl sites for hydroxylation is 1. The van der Waals surface area contributed by atoms with Gasteiger partial charge in [-0.1, -0.05) is 49.8 Å². The van der Waals surface area contributed by atoms with Crippen molar-refractivity contribution in [3.05, 3.63) is 71.3 Å². The third kappa shape index (κ3) is 5.09. The number of carbonyl (C=O) groups excluding carboxylic acids is 2. The second-order valence-corrected chi connectivity index (χ2v) is 8.06. The van der Waals surface area contributed by atoms with E-state index < -0.39 is 6.04 Å². The van der Waals surface area contributed by atoms with E-state index in [1.807, 2.05) is 68.1 Å². The number of ether oxygens (including phenoxy) is 1. The van der Waals surface area contributed by atoms with Gasteiger partial charge in [-0.25, -0.2) is 0 Å². The molecule has 1 aliphatic heterocycles. The number of carbonyl (C=O) groups is 2. The van der Waals surface area contributed by atoms with Crippen LogP contribution in [-0.2, 0) is 4.79 Å². The Morgan fingerprint density at radius 2 is 1.83 bits per heavy atom. The van der Waals surface area contributed by atoms with Gasteiger partial charge >= 0.3 is 0 Å². The van der Waals surface area contributed by atoms with Crippen molar-refractivity contribution in [1.82, 2.24) is 10.2 Å². The molecule has 158 valence electrons. The lowest BCUT2D eigenvalue weighted by molar-refractivity contribution is -0.133. The van der Waals surface area contributed by atoms with Crippen molar-refractivity contribution in [2.24, 2.45) is 5.92 Å². The average molecular weight is 407 g/mol. The van der Waals surface area contributed by atoms with E-state index >= 15 is 0 Å². The van der Waals surface area contributed by atoms with E-state index in [2.05, 4.69) is 11.4 Å². The quantitative estimate of drug-likeness (QED) is 0.787. The summed E-state index contributed by atoms with van der Waals surface area (Å²) in [5.41, 5.74) is 3.97. The minimum Gasteiger partial charge on any atom is -0.497 e. The normalized spacial score (nSPS) is 14.8. The van der Waals surface area contributed by atoms with E-state index in [0.29, 0.717) is 18.7 Å². The van der Waals surface area contributed by atoms with E-state index in [1.54, 1.807) is 13.2 Å². The van der Waals surface area contributed by atoms with Crippen LogP contribution < -0.4 is 10.1 Å².